The summed E-state index contributed by atoms with van der Waals surface area (Å²) >= 11 is 0. The standard InChI is InChI=1S/C15H20O3/c1-9(14(17)18)11-4-6-15(3)7-5-13(16)10(2)12(15)8-11/h5,7,10-12H,1,4,6,8H2,2-3H3,(H,17,18)/t10-,11+,12-,15-/m0/s1. The molecule has 0 spiro atoms. The van der Waals surface area contributed by atoms with Gasteiger partial charge in [0.15, 0.2) is 5.78 Å². The lowest BCUT2D eigenvalue weighted by Gasteiger charge is -2.47. The third-order valence-electron chi connectivity index (χ3n) is 4.87. The molecule has 0 aromatic rings. The van der Waals surface area contributed by atoms with Gasteiger partial charge in [0.1, 0.15) is 0 Å². The van der Waals surface area contributed by atoms with Crippen molar-refractivity contribution in [1.29, 1.82) is 0 Å². The van der Waals surface area contributed by atoms with Crippen molar-refractivity contribution in [1.82, 2.24) is 0 Å². The van der Waals surface area contributed by atoms with Gasteiger partial charge in [-0.1, -0.05) is 26.5 Å². The zero-order valence-electron chi connectivity index (χ0n) is 11.0. The molecule has 0 bridgehead atoms. The van der Waals surface area contributed by atoms with Crippen LogP contribution in [0.4, 0.5) is 0 Å². The van der Waals surface area contributed by atoms with Crippen LogP contribution in [0.15, 0.2) is 24.3 Å². The summed E-state index contributed by atoms with van der Waals surface area (Å²) in [7, 11) is 0. The first-order valence-electron chi connectivity index (χ1n) is 6.50. The molecule has 0 unspecified atom stereocenters. The lowest BCUT2D eigenvalue weighted by atomic mass is 9.57. The quantitative estimate of drug-likeness (QED) is 0.764. The predicted octanol–water partition coefficient (Wildman–Crippen LogP) is 2.82. The molecule has 2 aliphatic carbocycles. The molecule has 0 aliphatic heterocycles. The van der Waals surface area contributed by atoms with Crippen molar-refractivity contribution in [2.45, 2.75) is 33.1 Å². The normalized spacial score (nSPS) is 39.2. The van der Waals surface area contributed by atoms with Crippen LogP contribution >= 0.6 is 0 Å². The fourth-order valence-corrected chi connectivity index (χ4v) is 3.46. The van der Waals surface area contributed by atoms with Gasteiger partial charge in [-0.2, -0.15) is 0 Å². The molecule has 4 atom stereocenters. The Balaban J connectivity index is 2.22. The van der Waals surface area contributed by atoms with Crippen molar-refractivity contribution in [3.05, 3.63) is 24.3 Å². The summed E-state index contributed by atoms with van der Waals surface area (Å²) in [5, 5.41) is 9.03. The molecule has 0 amide bonds. The zero-order chi connectivity index (χ0) is 13.5. The van der Waals surface area contributed by atoms with E-state index in [4.69, 9.17) is 5.11 Å². The first kappa shape index (κ1) is 13.1. The number of aliphatic carboxylic acids is 1. The smallest absolute Gasteiger partial charge is 0.331 e. The lowest BCUT2D eigenvalue weighted by Crippen LogP contribution is -2.42. The SMILES string of the molecule is C=C(C(=O)O)[C@@H]1CC[C@@]2(C)C=CC(=O)[C@@H](C)[C@@H]2C1. The van der Waals surface area contributed by atoms with E-state index in [0.29, 0.717) is 5.57 Å². The molecule has 0 radical (unpaired) electrons. The molecule has 1 N–H and O–H groups in total. The Morgan fingerprint density at radius 1 is 1.56 bits per heavy atom. The minimum Gasteiger partial charge on any atom is -0.478 e. The van der Waals surface area contributed by atoms with Crippen LogP contribution < -0.4 is 0 Å². The summed E-state index contributed by atoms with van der Waals surface area (Å²) < 4.78 is 0. The minimum atomic E-state index is -0.908. The second kappa shape index (κ2) is 4.38. The van der Waals surface area contributed by atoms with Gasteiger partial charge in [-0.15, -0.1) is 0 Å². The van der Waals surface area contributed by atoms with Crippen molar-refractivity contribution in [2.24, 2.45) is 23.2 Å². The van der Waals surface area contributed by atoms with E-state index in [1.165, 1.54) is 0 Å². The molecule has 18 heavy (non-hydrogen) atoms. The van der Waals surface area contributed by atoms with Gasteiger partial charge in [-0.25, -0.2) is 4.79 Å². The minimum absolute atomic E-state index is 0.00982. The van der Waals surface area contributed by atoms with E-state index in [1.54, 1.807) is 6.08 Å². The molecule has 3 heteroatoms. The highest BCUT2D eigenvalue weighted by atomic mass is 16.4. The second-order valence-electron chi connectivity index (χ2n) is 5.94. The largest absolute Gasteiger partial charge is 0.478 e. The van der Waals surface area contributed by atoms with E-state index in [1.807, 2.05) is 13.0 Å². The first-order valence-corrected chi connectivity index (χ1v) is 6.50. The monoisotopic (exact) mass is 248 g/mol. The van der Waals surface area contributed by atoms with Gasteiger partial charge in [0.25, 0.3) is 0 Å². The van der Waals surface area contributed by atoms with Crippen molar-refractivity contribution in [3.63, 3.8) is 0 Å². The highest BCUT2D eigenvalue weighted by Gasteiger charge is 2.45. The number of fused-ring (bicyclic) bond motifs is 1. The van der Waals surface area contributed by atoms with Crippen LogP contribution in [-0.4, -0.2) is 16.9 Å². The zero-order valence-corrected chi connectivity index (χ0v) is 11.0. The second-order valence-corrected chi connectivity index (χ2v) is 5.94. The third kappa shape index (κ3) is 2.02. The van der Waals surface area contributed by atoms with E-state index in [0.717, 1.165) is 19.3 Å². The van der Waals surface area contributed by atoms with Gasteiger partial charge in [0.2, 0.25) is 0 Å². The van der Waals surface area contributed by atoms with Crippen LogP contribution in [0, 0.1) is 23.2 Å². The Labute approximate surface area is 108 Å². The summed E-state index contributed by atoms with van der Waals surface area (Å²) in [5.41, 5.74) is 0.342. The molecule has 0 aromatic heterocycles. The lowest BCUT2D eigenvalue weighted by molar-refractivity contribution is -0.133. The van der Waals surface area contributed by atoms with Gasteiger partial charge in [0.05, 0.1) is 0 Å². The molecule has 1 saturated carbocycles. The number of rotatable bonds is 2. The van der Waals surface area contributed by atoms with Crippen LogP contribution in [0.2, 0.25) is 0 Å². The van der Waals surface area contributed by atoms with Gasteiger partial charge in [-0.3, -0.25) is 4.79 Å². The topological polar surface area (TPSA) is 54.4 Å². The van der Waals surface area contributed by atoms with Crippen LogP contribution in [0.5, 0.6) is 0 Å². The molecule has 0 heterocycles. The number of hydrogen-bond donors (Lipinski definition) is 1. The maximum absolute atomic E-state index is 11.8. The summed E-state index contributed by atoms with van der Waals surface area (Å²) in [5.74, 6) is -0.496. The highest BCUT2D eigenvalue weighted by Crippen LogP contribution is 2.51. The number of carboxylic acids is 1. The average Bonchev–Trinajstić information content (AvgIpc) is 2.33. The Kier molecular flexibility index (Phi) is 3.18. The molecule has 2 aliphatic rings. The van der Waals surface area contributed by atoms with Crippen molar-refractivity contribution >= 4 is 11.8 Å². The summed E-state index contributed by atoms with van der Waals surface area (Å²) in [4.78, 5) is 22.8. The summed E-state index contributed by atoms with van der Waals surface area (Å²) in [6.45, 7) is 7.82. The molecule has 1 fully saturated rings. The Morgan fingerprint density at radius 3 is 2.83 bits per heavy atom. The molecular formula is C15H20O3. The van der Waals surface area contributed by atoms with E-state index < -0.39 is 5.97 Å². The third-order valence-corrected chi connectivity index (χ3v) is 4.87. The first-order chi connectivity index (χ1) is 8.35. The van der Waals surface area contributed by atoms with Gasteiger partial charge < -0.3 is 5.11 Å². The molecule has 2 rings (SSSR count). The fraction of sp³-hybridized carbons (Fsp3) is 0.600. The van der Waals surface area contributed by atoms with E-state index in [-0.39, 0.29) is 29.0 Å². The Morgan fingerprint density at radius 2 is 2.22 bits per heavy atom. The maximum atomic E-state index is 11.8. The van der Waals surface area contributed by atoms with Crippen LogP contribution in [0.3, 0.4) is 0 Å². The molecular weight excluding hydrogens is 228 g/mol. The summed E-state index contributed by atoms with van der Waals surface area (Å²) in [6.07, 6.45) is 6.28. The maximum Gasteiger partial charge on any atom is 0.331 e. The number of hydrogen-bond acceptors (Lipinski definition) is 2. The highest BCUT2D eigenvalue weighted by molar-refractivity contribution is 5.93. The molecule has 0 saturated heterocycles. The number of carboxylic acid groups (broad SMARTS) is 1. The number of allylic oxidation sites excluding steroid dienone is 2. The summed E-state index contributed by atoms with van der Waals surface area (Å²) in [6, 6.07) is 0. The molecule has 3 nitrogen and oxygen atoms in total. The molecule has 0 aromatic carbocycles. The van der Waals surface area contributed by atoms with Gasteiger partial charge >= 0.3 is 5.97 Å². The fourth-order valence-electron chi connectivity index (χ4n) is 3.46. The average molecular weight is 248 g/mol. The Bertz CT molecular complexity index is 435. The van der Waals surface area contributed by atoms with Crippen molar-refractivity contribution < 1.29 is 14.7 Å². The predicted molar refractivity (Wildman–Crippen MR) is 69.0 cm³/mol. The van der Waals surface area contributed by atoms with Crippen LogP contribution in [-0.2, 0) is 9.59 Å². The van der Waals surface area contributed by atoms with Crippen molar-refractivity contribution in [3.8, 4) is 0 Å². The van der Waals surface area contributed by atoms with Gasteiger partial charge in [0, 0.05) is 11.5 Å². The van der Waals surface area contributed by atoms with E-state index in [2.05, 4.69) is 13.5 Å². The Hall–Kier alpha value is -1.38. The van der Waals surface area contributed by atoms with Gasteiger partial charge in [-0.05, 0) is 42.6 Å². The number of carbonyl (C=O) groups excluding carboxylic acids is 1. The van der Waals surface area contributed by atoms with Crippen molar-refractivity contribution in [2.75, 3.05) is 0 Å². The number of carbonyl (C=O) groups is 2. The van der Waals surface area contributed by atoms with Crippen LogP contribution in [0.1, 0.15) is 33.1 Å². The number of ketones is 1. The van der Waals surface area contributed by atoms with Crippen LogP contribution in [0.25, 0.3) is 0 Å². The molecule has 98 valence electrons. The van der Waals surface area contributed by atoms with E-state index >= 15 is 0 Å². The van der Waals surface area contributed by atoms with E-state index in [9.17, 15) is 9.59 Å².